The number of aromatic carboxylic acids is 1. The lowest BCUT2D eigenvalue weighted by molar-refractivity contribution is 0.0701. The molecule has 1 N–H and O–H groups in total. The van der Waals surface area contributed by atoms with Crippen LogP contribution in [0, 0.1) is 13.8 Å². The number of aryl methyl sites for hydroxylation is 2. The van der Waals surface area contributed by atoms with Gasteiger partial charge >= 0.3 is 5.97 Å². The summed E-state index contributed by atoms with van der Waals surface area (Å²) in [5.74, 6) is -0.256. The largest absolute Gasteiger partial charge is 0.488 e. The molecule has 0 atom stereocenters. The van der Waals surface area contributed by atoms with Crippen molar-refractivity contribution in [3.63, 3.8) is 0 Å². The molecule has 0 unspecified atom stereocenters. The van der Waals surface area contributed by atoms with E-state index in [1.54, 1.807) is 6.92 Å². The quantitative estimate of drug-likeness (QED) is 0.465. The molecular weight excluding hydrogens is 370 g/mol. The van der Waals surface area contributed by atoms with Crippen LogP contribution in [0.2, 0.25) is 0 Å². The molecule has 0 bridgehead atoms. The maximum absolute atomic E-state index is 11.5. The molecule has 4 aromatic rings. The van der Waals surface area contributed by atoms with Crippen LogP contribution in [0.15, 0.2) is 60.7 Å². The van der Waals surface area contributed by atoms with Gasteiger partial charge in [0, 0.05) is 0 Å². The Morgan fingerprint density at radius 1 is 1.04 bits per heavy atom. The Kier molecular flexibility index (Phi) is 4.84. The van der Waals surface area contributed by atoms with Crippen molar-refractivity contribution in [2.75, 3.05) is 0 Å². The van der Waals surface area contributed by atoms with Gasteiger partial charge in [-0.15, -0.1) is 11.3 Å². The highest BCUT2D eigenvalue weighted by Crippen LogP contribution is 2.40. The minimum Gasteiger partial charge on any atom is -0.488 e. The zero-order valence-corrected chi connectivity index (χ0v) is 16.4. The first-order valence-electron chi connectivity index (χ1n) is 8.94. The van der Waals surface area contributed by atoms with E-state index in [9.17, 15) is 9.90 Å². The van der Waals surface area contributed by atoms with E-state index in [-0.39, 0.29) is 4.88 Å². The highest BCUT2D eigenvalue weighted by atomic mass is 32.1. The number of carboxylic acids is 1. The fourth-order valence-corrected chi connectivity index (χ4v) is 4.11. The summed E-state index contributed by atoms with van der Waals surface area (Å²) in [6, 6.07) is 20.2. The number of fused-ring (bicyclic) bond motifs is 1. The van der Waals surface area contributed by atoms with Crippen LogP contribution >= 0.6 is 11.3 Å². The maximum atomic E-state index is 11.5. The molecule has 5 heteroatoms. The Morgan fingerprint density at radius 3 is 2.50 bits per heavy atom. The third-order valence-electron chi connectivity index (χ3n) is 4.61. The molecule has 1 aromatic heterocycles. The van der Waals surface area contributed by atoms with E-state index in [0.29, 0.717) is 23.1 Å². The van der Waals surface area contributed by atoms with Gasteiger partial charge in [0.2, 0.25) is 0 Å². The van der Waals surface area contributed by atoms with Crippen LogP contribution in [0.25, 0.3) is 21.3 Å². The molecule has 0 saturated heterocycles. The molecule has 0 radical (unpaired) electrons. The standard InChI is InChI=1S/C23H19NO3S/c1-14-7-9-16(10-8-14)13-27-19-12-11-17-5-3-4-6-18(17)20(19)22-24-15(2)21(28-22)23(25)26/h3-12H,13H2,1-2H3,(H,25,26). The fraction of sp³-hybridized carbons (Fsp3) is 0.130. The molecule has 4 rings (SSSR count). The molecule has 140 valence electrons. The monoisotopic (exact) mass is 389 g/mol. The topological polar surface area (TPSA) is 59.4 Å². The van der Waals surface area contributed by atoms with Crippen molar-refractivity contribution in [2.24, 2.45) is 0 Å². The maximum Gasteiger partial charge on any atom is 0.347 e. The molecule has 1 heterocycles. The molecule has 0 spiro atoms. The normalized spacial score (nSPS) is 10.9. The summed E-state index contributed by atoms with van der Waals surface area (Å²) in [6.07, 6.45) is 0. The van der Waals surface area contributed by atoms with Crippen molar-refractivity contribution < 1.29 is 14.6 Å². The Labute approximate surface area is 167 Å². The number of hydrogen-bond donors (Lipinski definition) is 1. The van der Waals surface area contributed by atoms with E-state index in [0.717, 1.165) is 21.9 Å². The molecule has 0 aliphatic heterocycles. The number of hydrogen-bond acceptors (Lipinski definition) is 4. The average Bonchev–Trinajstić information content (AvgIpc) is 3.08. The summed E-state index contributed by atoms with van der Waals surface area (Å²) >= 11 is 1.18. The molecule has 3 aromatic carbocycles. The fourth-order valence-electron chi connectivity index (χ4n) is 3.14. The summed E-state index contributed by atoms with van der Waals surface area (Å²) in [6.45, 7) is 4.21. The van der Waals surface area contributed by atoms with Crippen LogP contribution in [0.5, 0.6) is 5.75 Å². The predicted octanol–water partition coefficient (Wildman–Crippen LogP) is 5.86. The van der Waals surface area contributed by atoms with Crippen molar-refractivity contribution in [2.45, 2.75) is 20.5 Å². The summed E-state index contributed by atoms with van der Waals surface area (Å²) in [7, 11) is 0. The number of carboxylic acid groups (broad SMARTS) is 1. The van der Waals surface area contributed by atoms with E-state index in [2.05, 4.69) is 24.0 Å². The van der Waals surface area contributed by atoms with Gasteiger partial charge in [-0.3, -0.25) is 0 Å². The third-order valence-corrected chi connectivity index (χ3v) is 5.77. The van der Waals surface area contributed by atoms with Crippen LogP contribution in [0.4, 0.5) is 0 Å². The summed E-state index contributed by atoms with van der Waals surface area (Å²) in [5.41, 5.74) is 3.64. The second-order valence-electron chi connectivity index (χ2n) is 6.67. The van der Waals surface area contributed by atoms with Gasteiger partial charge in [0.1, 0.15) is 22.2 Å². The summed E-state index contributed by atoms with van der Waals surface area (Å²) in [4.78, 5) is 16.3. The zero-order valence-electron chi connectivity index (χ0n) is 15.6. The van der Waals surface area contributed by atoms with Crippen LogP contribution in [-0.2, 0) is 6.61 Å². The van der Waals surface area contributed by atoms with Gasteiger partial charge in [-0.05, 0) is 36.2 Å². The Morgan fingerprint density at radius 2 is 1.79 bits per heavy atom. The van der Waals surface area contributed by atoms with Gasteiger partial charge in [0.25, 0.3) is 0 Å². The number of thiazole rings is 1. The number of benzene rings is 3. The van der Waals surface area contributed by atoms with Crippen LogP contribution in [-0.4, -0.2) is 16.1 Å². The average molecular weight is 389 g/mol. The smallest absolute Gasteiger partial charge is 0.347 e. The van der Waals surface area contributed by atoms with Crippen LogP contribution in [0.3, 0.4) is 0 Å². The first kappa shape index (κ1) is 18.2. The number of nitrogens with zero attached hydrogens (tertiary/aromatic N) is 1. The van der Waals surface area contributed by atoms with Crippen molar-refractivity contribution in [3.8, 4) is 16.3 Å². The van der Waals surface area contributed by atoms with Crippen molar-refractivity contribution in [1.29, 1.82) is 0 Å². The van der Waals surface area contributed by atoms with Crippen LogP contribution < -0.4 is 4.74 Å². The molecule has 0 amide bonds. The molecule has 28 heavy (non-hydrogen) atoms. The van der Waals surface area contributed by atoms with E-state index in [1.165, 1.54) is 16.9 Å². The molecule has 0 fully saturated rings. The third kappa shape index (κ3) is 3.49. The molecular formula is C23H19NO3S. The first-order chi connectivity index (χ1) is 13.5. The number of carbonyl (C=O) groups is 1. The van der Waals surface area contributed by atoms with Gasteiger partial charge in [-0.1, -0.05) is 60.2 Å². The Balaban J connectivity index is 1.80. The lowest BCUT2D eigenvalue weighted by Gasteiger charge is -2.13. The van der Waals surface area contributed by atoms with E-state index in [1.807, 2.05) is 48.5 Å². The molecule has 0 aliphatic carbocycles. The molecule has 0 saturated carbocycles. The number of aromatic nitrogens is 1. The second kappa shape index (κ2) is 7.44. The number of rotatable bonds is 5. The Hall–Kier alpha value is -3.18. The van der Waals surface area contributed by atoms with Crippen LogP contribution in [0.1, 0.15) is 26.5 Å². The van der Waals surface area contributed by atoms with Crippen molar-refractivity contribution in [3.05, 3.63) is 82.4 Å². The predicted molar refractivity (Wildman–Crippen MR) is 112 cm³/mol. The minimum absolute atomic E-state index is 0.257. The van der Waals surface area contributed by atoms with Gasteiger partial charge in [0.15, 0.2) is 0 Å². The van der Waals surface area contributed by atoms with Gasteiger partial charge in [-0.25, -0.2) is 9.78 Å². The highest BCUT2D eigenvalue weighted by molar-refractivity contribution is 7.17. The van der Waals surface area contributed by atoms with Gasteiger partial charge in [0.05, 0.1) is 11.3 Å². The SMILES string of the molecule is Cc1ccc(COc2ccc3ccccc3c2-c2nc(C)c(C(=O)O)s2)cc1. The van der Waals surface area contributed by atoms with E-state index < -0.39 is 5.97 Å². The lowest BCUT2D eigenvalue weighted by atomic mass is 10.0. The number of ether oxygens (including phenoxy) is 1. The van der Waals surface area contributed by atoms with Gasteiger partial charge < -0.3 is 9.84 Å². The summed E-state index contributed by atoms with van der Waals surface area (Å²) < 4.78 is 6.15. The highest BCUT2D eigenvalue weighted by Gasteiger charge is 2.20. The molecule has 4 nitrogen and oxygen atoms in total. The first-order valence-corrected chi connectivity index (χ1v) is 9.76. The second-order valence-corrected chi connectivity index (χ2v) is 7.67. The van der Waals surface area contributed by atoms with Gasteiger partial charge in [-0.2, -0.15) is 0 Å². The van der Waals surface area contributed by atoms with Crippen molar-refractivity contribution >= 4 is 28.1 Å². The summed E-state index contributed by atoms with van der Waals surface area (Å²) in [5, 5.41) is 12.1. The Bertz CT molecular complexity index is 1160. The van der Waals surface area contributed by atoms with E-state index >= 15 is 0 Å². The van der Waals surface area contributed by atoms with E-state index in [4.69, 9.17) is 4.74 Å². The zero-order chi connectivity index (χ0) is 19.7. The lowest BCUT2D eigenvalue weighted by Crippen LogP contribution is -1.97. The minimum atomic E-state index is -0.955. The molecule has 0 aliphatic rings. The van der Waals surface area contributed by atoms with Crippen molar-refractivity contribution in [1.82, 2.24) is 4.98 Å².